The van der Waals surface area contributed by atoms with Gasteiger partial charge in [-0.25, -0.2) is 4.39 Å². The molecule has 8 nitrogen and oxygen atoms in total. The molecule has 2 aromatic heterocycles. The van der Waals surface area contributed by atoms with Gasteiger partial charge in [0.25, 0.3) is 5.91 Å². The number of carbonyl (C=O) groups is 1. The predicted molar refractivity (Wildman–Crippen MR) is 114 cm³/mol. The molecule has 0 saturated heterocycles. The van der Waals surface area contributed by atoms with Gasteiger partial charge in [-0.3, -0.25) is 9.78 Å². The summed E-state index contributed by atoms with van der Waals surface area (Å²) in [5, 5.41) is 6.07. The van der Waals surface area contributed by atoms with Crippen molar-refractivity contribution in [2.24, 2.45) is 0 Å². The molecular weight excluding hydrogens is 403 g/mol. The molecule has 0 fully saturated rings. The van der Waals surface area contributed by atoms with Crippen molar-refractivity contribution in [2.75, 3.05) is 39.3 Å². The fraction of sp³-hybridized carbons (Fsp3) is 0.273. The molecule has 1 aliphatic heterocycles. The minimum atomic E-state index is -0.504. The maximum absolute atomic E-state index is 14.3. The Morgan fingerprint density at radius 1 is 1.23 bits per heavy atom. The van der Waals surface area contributed by atoms with Gasteiger partial charge < -0.3 is 29.8 Å². The van der Waals surface area contributed by atoms with Crippen LogP contribution in [0.2, 0.25) is 0 Å². The molecule has 3 N–H and O–H groups in total. The van der Waals surface area contributed by atoms with E-state index in [1.165, 1.54) is 13.2 Å². The second kappa shape index (κ2) is 9.05. The molecule has 31 heavy (non-hydrogen) atoms. The number of aromatic nitrogens is 2. The van der Waals surface area contributed by atoms with Gasteiger partial charge in [-0.2, -0.15) is 0 Å². The SMILES string of the molecule is COCCOc1cnccc1-c1[nH]c2c(c1Nc1cccc(F)c1OC)C(=O)NCC2. The topological polar surface area (TPSA) is 97.5 Å². The standard InChI is InChI=1S/C22H23FN4O4/c1-29-10-11-31-17-12-24-8-6-13(17)19-20(18-15(26-19)7-9-25-22(18)28)27-16-5-3-4-14(23)21(16)30-2/h3-6,8,12,26-27H,7,9-11H2,1-2H3,(H,25,28). The smallest absolute Gasteiger partial charge is 0.255 e. The largest absolute Gasteiger partial charge is 0.492 e. The van der Waals surface area contributed by atoms with Crippen molar-refractivity contribution < 1.29 is 23.4 Å². The van der Waals surface area contributed by atoms with Crippen molar-refractivity contribution >= 4 is 17.3 Å². The first-order valence-electron chi connectivity index (χ1n) is 9.82. The summed E-state index contributed by atoms with van der Waals surface area (Å²) in [6, 6.07) is 6.37. The van der Waals surface area contributed by atoms with Crippen molar-refractivity contribution in [3.05, 3.63) is 53.7 Å². The number of rotatable bonds is 8. The minimum absolute atomic E-state index is 0.0610. The number of carbonyl (C=O) groups excluding carboxylic acids is 1. The van der Waals surface area contributed by atoms with Gasteiger partial charge in [0.15, 0.2) is 11.6 Å². The van der Waals surface area contributed by atoms with E-state index in [-0.39, 0.29) is 11.7 Å². The molecule has 0 bridgehead atoms. The van der Waals surface area contributed by atoms with Crippen molar-refractivity contribution in [1.82, 2.24) is 15.3 Å². The predicted octanol–water partition coefficient (Wildman–Crippen LogP) is 3.28. The number of halogens is 1. The minimum Gasteiger partial charge on any atom is -0.492 e. The third-order valence-electron chi connectivity index (χ3n) is 4.99. The van der Waals surface area contributed by atoms with E-state index in [0.717, 1.165) is 5.69 Å². The number of ether oxygens (including phenoxy) is 3. The van der Waals surface area contributed by atoms with Gasteiger partial charge in [0.2, 0.25) is 0 Å². The first-order chi connectivity index (χ1) is 15.1. The molecule has 3 aromatic rings. The monoisotopic (exact) mass is 426 g/mol. The number of H-pyrrole nitrogens is 1. The Bertz CT molecular complexity index is 1100. The van der Waals surface area contributed by atoms with Gasteiger partial charge in [0.1, 0.15) is 12.4 Å². The van der Waals surface area contributed by atoms with E-state index in [9.17, 15) is 9.18 Å². The van der Waals surface area contributed by atoms with Crippen LogP contribution in [0.15, 0.2) is 36.7 Å². The Labute approximate surface area is 178 Å². The third kappa shape index (κ3) is 4.04. The lowest BCUT2D eigenvalue weighted by Gasteiger charge is -2.17. The van der Waals surface area contributed by atoms with Crippen molar-refractivity contribution in [3.8, 4) is 22.8 Å². The number of hydrogen-bond acceptors (Lipinski definition) is 6. The summed E-state index contributed by atoms with van der Waals surface area (Å²) in [6.07, 6.45) is 3.89. The van der Waals surface area contributed by atoms with Crippen molar-refractivity contribution in [3.63, 3.8) is 0 Å². The zero-order valence-corrected chi connectivity index (χ0v) is 17.3. The fourth-order valence-corrected chi connectivity index (χ4v) is 3.59. The highest BCUT2D eigenvalue weighted by molar-refractivity contribution is 6.06. The van der Waals surface area contributed by atoms with Crippen LogP contribution in [0.5, 0.6) is 11.5 Å². The van der Waals surface area contributed by atoms with E-state index in [0.29, 0.717) is 60.1 Å². The zero-order chi connectivity index (χ0) is 21.8. The number of nitrogens with one attached hydrogen (secondary N) is 3. The number of anilines is 2. The van der Waals surface area contributed by atoms with Crippen LogP contribution in [0.3, 0.4) is 0 Å². The number of methoxy groups -OCH3 is 2. The van der Waals surface area contributed by atoms with Crippen LogP contribution >= 0.6 is 0 Å². The highest BCUT2D eigenvalue weighted by atomic mass is 19.1. The van der Waals surface area contributed by atoms with E-state index in [2.05, 4.69) is 20.6 Å². The summed E-state index contributed by atoms with van der Waals surface area (Å²) in [6.45, 7) is 1.29. The van der Waals surface area contributed by atoms with Crippen LogP contribution in [-0.2, 0) is 11.2 Å². The number of hydrogen-bond donors (Lipinski definition) is 3. The average molecular weight is 426 g/mol. The Morgan fingerprint density at radius 3 is 2.90 bits per heavy atom. The number of nitrogens with zero attached hydrogens (tertiary/aromatic N) is 1. The molecule has 0 saturated carbocycles. The molecule has 1 aliphatic rings. The Morgan fingerprint density at radius 2 is 2.10 bits per heavy atom. The molecule has 4 rings (SSSR count). The molecule has 0 spiro atoms. The van der Waals surface area contributed by atoms with E-state index < -0.39 is 5.82 Å². The van der Waals surface area contributed by atoms with Crippen LogP contribution < -0.4 is 20.1 Å². The van der Waals surface area contributed by atoms with Crippen LogP contribution in [0, 0.1) is 5.82 Å². The van der Waals surface area contributed by atoms with Crippen LogP contribution in [0.25, 0.3) is 11.3 Å². The Kier molecular flexibility index (Phi) is 6.03. The molecule has 1 aromatic carbocycles. The summed E-state index contributed by atoms with van der Waals surface area (Å²) in [7, 11) is 2.99. The van der Waals surface area contributed by atoms with Crippen molar-refractivity contribution in [2.45, 2.75) is 6.42 Å². The van der Waals surface area contributed by atoms with Gasteiger partial charge in [-0.1, -0.05) is 6.07 Å². The van der Waals surface area contributed by atoms with E-state index >= 15 is 0 Å². The van der Waals surface area contributed by atoms with Crippen LogP contribution in [0.4, 0.5) is 15.8 Å². The van der Waals surface area contributed by atoms with E-state index in [4.69, 9.17) is 14.2 Å². The number of para-hydroxylation sites is 1. The molecular formula is C22H23FN4O4. The van der Waals surface area contributed by atoms with Gasteiger partial charge in [-0.05, 0) is 18.2 Å². The highest BCUT2D eigenvalue weighted by Crippen LogP contribution is 2.41. The fourth-order valence-electron chi connectivity index (χ4n) is 3.59. The lowest BCUT2D eigenvalue weighted by Crippen LogP contribution is -2.31. The Hall–Kier alpha value is -3.59. The van der Waals surface area contributed by atoms with Crippen LogP contribution in [0.1, 0.15) is 16.1 Å². The maximum atomic E-state index is 14.3. The summed E-state index contributed by atoms with van der Waals surface area (Å²) >= 11 is 0. The number of pyridine rings is 1. The molecule has 3 heterocycles. The number of benzene rings is 1. The summed E-state index contributed by atoms with van der Waals surface area (Å²) < 4.78 is 30.4. The van der Waals surface area contributed by atoms with E-state index in [1.807, 2.05) is 0 Å². The maximum Gasteiger partial charge on any atom is 0.255 e. The third-order valence-corrected chi connectivity index (χ3v) is 4.99. The molecule has 9 heteroatoms. The highest BCUT2D eigenvalue weighted by Gasteiger charge is 2.28. The average Bonchev–Trinajstić information content (AvgIpc) is 3.14. The lowest BCUT2D eigenvalue weighted by molar-refractivity contribution is 0.0947. The van der Waals surface area contributed by atoms with Crippen LogP contribution in [-0.4, -0.2) is 49.9 Å². The molecule has 1 amide bonds. The molecule has 162 valence electrons. The second-order valence-corrected chi connectivity index (χ2v) is 6.89. The first kappa shape index (κ1) is 20.7. The number of fused-ring (bicyclic) bond motifs is 1. The molecule has 0 atom stereocenters. The Balaban J connectivity index is 1.84. The normalized spacial score (nSPS) is 12.8. The van der Waals surface area contributed by atoms with E-state index in [1.54, 1.807) is 37.7 Å². The van der Waals surface area contributed by atoms with Gasteiger partial charge in [0, 0.05) is 37.5 Å². The summed E-state index contributed by atoms with van der Waals surface area (Å²) in [5.74, 6) is -0.119. The van der Waals surface area contributed by atoms with Crippen molar-refractivity contribution in [1.29, 1.82) is 0 Å². The first-order valence-corrected chi connectivity index (χ1v) is 9.82. The van der Waals surface area contributed by atoms with Gasteiger partial charge in [-0.15, -0.1) is 0 Å². The number of aromatic amines is 1. The quantitative estimate of drug-likeness (QED) is 0.479. The zero-order valence-electron chi connectivity index (χ0n) is 17.3. The number of amides is 1. The lowest BCUT2D eigenvalue weighted by atomic mass is 10.0. The summed E-state index contributed by atoms with van der Waals surface area (Å²) in [4.78, 5) is 20.2. The summed E-state index contributed by atoms with van der Waals surface area (Å²) in [5.41, 5.74) is 3.54. The van der Waals surface area contributed by atoms with Gasteiger partial charge in [0.05, 0.1) is 42.5 Å². The molecule has 0 unspecified atom stereocenters. The molecule has 0 aliphatic carbocycles. The second-order valence-electron chi connectivity index (χ2n) is 6.89. The molecule has 0 radical (unpaired) electrons. The van der Waals surface area contributed by atoms with Gasteiger partial charge >= 0.3 is 0 Å².